The average molecular weight is 223 g/mol. The maximum Gasteiger partial charge on any atom is 0.251 e. The molecule has 0 saturated heterocycles. The summed E-state index contributed by atoms with van der Waals surface area (Å²) < 4.78 is 18.1. The Kier molecular flexibility index (Phi) is 2.82. The SMILES string of the molecule is COCC(=O)Nc1n[nH]c2cccc(F)c12. The number of benzene rings is 1. The quantitative estimate of drug-likeness (QED) is 0.823. The van der Waals surface area contributed by atoms with Gasteiger partial charge in [0.15, 0.2) is 5.82 Å². The van der Waals surface area contributed by atoms with Crippen molar-refractivity contribution in [1.29, 1.82) is 0 Å². The van der Waals surface area contributed by atoms with Gasteiger partial charge in [-0.25, -0.2) is 4.39 Å². The monoisotopic (exact) mass is 223 g/mol. The molecule has 1 aromatic carbocycles. The first-order chi connectivity index (χ1) is 7.72. The van der Waals surface area contributed by atoms with Crippen LogP contribution in [0.1, 0.15) is 0 Å². The van der Waals surface area contributed by atoms with Crippen LogP contribution < -0.4 is 5.32 Å². The number of aromatic nitrogens is 2. The summed E-state index contributed by atoms with van der Waals surface area (Å²) in [6.07, 6.45) is 0. The van der Waals surface area contributed by atoms with Gasteiger partial charge in [0.25, 0.3) is 5.91 Å². The van der Waals surface area contributed by atoms with Crippen molar-refractivity contribution >= 4 is 22.6 Å². The number of methoxy groups -OCH3 is 1. The van der Waals surface area contributed by atoms with Gasteiger partial charge in [0.05, 0.1) is 10.9 Å². The summed E-state index contributed by atoms with van der Waals surface area (Å²) in [5.74, 6) is -0.631. The van der Waals surface area contributed by atoms with Crippen LogP contribution in [-0.2, 0) is 9.53 Å². The molecule has 0 bridgehead atoms. The summed E-state index contributed by atoms with van der Waals surface area (Å²) in [6.45, 7) is -0.0944. The molecule has 1 heterocycles. The number of carbonyl (C=O) groups is 1. The van der Waals surface area contributed by atoms with E-state index in [9.17, 15) is 9.18 Å². The molecule has 0 unspecified atom stereocenters. The number of halogens is 1. The number of nitrogens with zero attached hydrogens (tertiary/aromatic N) is 1. The second-order valence-corrected chi connectivity index (χ2v) is 3.22. The van der Waals surface area contributed by atoms with Crippen LogP contribution in [0.5, 0.6) is 0 Å². The third kappa shape index (κ3) is 1.87. The number of anilines is 1. The van der Waals surface area contributed by atoms with Gasteiger partial charge in [-0.1, -0.05) is 6.07 Å². The van der Waals surface area contributed by atoms with E-state index in [4.69, 9.17) is 0 Å². The normalized spacial score (nSPS) is 10.6. The van der Waals surface area contributed by atoms with Gasteiger partial charge in [-0.2, -0.15) is 5.10 Å². The van der Waals surface area contributed by atoms with Crippen molar-refractivity contribution in [1.82, 2.24) is 10.2 Å². The smallest absolute Gasteiger partial charge is 0.251 e. The Balaban J connectivity index is 2.34. The van der Waals surface area contributed by atoms with E-state index in [0.29, 0.717) is 5.52 Å². The van der Waals surface area contributed by atoms with Crippen molar-refractivity contribution < 1.29 is 13.9 Å². The Morgan fingerprint density at radius 3 is 3.19 bits per heavy atom. The molecule has 0 spiro atoms. The van der Waals surface area contributed by atoms with Gasteiger partial charge >= 0.3 is 0 Å². The first kappa shape index (κ1) is 10.6. The van der Waals surface area contributed by atoms with E-state index in [1.807, 2.05) is 0 Å². The van der Waals surface area contributed by atoms with Crippen molar-refractivity contribution in [3.05, 3.63) is 24.0 Å². The lowest BCUT2D eigenvalue weighted by Gasteiger charge is -2.01. The lowest BCUT2D eigenvalue weighted by Crippen LogP contribution is -2.17. The van der Waals surface area contributed by atoms with Gasteiger partial charge < -0.3 is 10.1 Å². The van der Waals surface area contributed by atoms with Crippen molar-refractivity contribution in [2.45, 2.75) is 0 Å². The zero-order chi connectivity index (χ0) is 11.5. The molecule has 1 amide bonds. The van der Waals surface area contributed by atoms with Crippen LogP contribution in [0.4, 0.5) is 10.2 Å². The predicted molar refractivity (Wildman–Crippen MR) is 56.6 cm³/mol. The molecule has 0 radical (unpaired) electrons. The number of ether oxygens (including phenoxy) is 1. The molecule has 6 heteroatoms. The summed E-state index contributed by atoms with van der Waals surface area (Å²) in [7, 11) is 1.41. The Morgan fingerprint density at radius 2 is 2.44 bits per heavy atom. The number of carbonyl (C=O) groups excluding carboxylic acids is 1. The van der Waals surface area contributed by atoms with Crippen LogP contribution >= 0.6 is 0 Å². The van der Waals surface area contributed by atoms with Gasteiger partial charge in [0.2, 0.25) is 0 Å². The molecule has 0 saturated carbocycles. The second-order valence-electron chi connectivity index (χ2n) is 3.22. The minimum Gasteiger partial charge on any atom is -0.375 e. The van der Waals surface area contributed by atoms with Crippen LogP contribution in [0.2, 0.25) is 0 Å². The molecule has 2 aromatic rings. The Labute approximate surface area is 90.6 Å². The largest absolute Gasteiger partial charge is 0.375 e. The van der Waals surface area contributed by atoms with Crippen molar-refractivity contribution in [2.75, 3.05) is 19.0 Å². The van der Waals surface area contributed by atoms with Crippen LogP contribution in [0.15, 0.2) is 18.2 Å². The van der Waals surface area contributed by atoms with E-state index in [-0.39, 0.29) is 23.7 Å². The standard InChI is InChI=1S/C10H10FN3O2/c1-16-5-8(15)12-10-9-6(11)3-2-4-7(9)13-14-10/h2-4H,5H2,1H3,(H2,12,13,14,15). The minimum atomic E-state index is -0.432. The van der Waals surface area contributed by atoms with Gasteiger partial charge in [-0.15, -0.1) is 0 Å². The number of amides is 1. The number of rotatable bonds is 3. The fourth-order valence-electron chi connectivity index (χ4n) is 1.42. The molecule has 2 N–H and O–H groups in total. The molecule has 1 aromatic heterocycles. The van der Waals surface area contributed by atoms with E-state index < -0.39 is 5.82 Å². The molecule has 0 fully saturated rings. The topological polar surface area (TPSA) is 67.0 Å². The van der Waals surface area contributed by atoms with Crippen molar-refractivity contribution in [3.63, 3.8) is 0 Å². The Bertz CT molecular complexity index is 524. The number of hydrogen-bond acceptors (Lipinski definition) is 3. The zero-order valence-electron chi connectivity index (χ0n) is 8.58. The minimum absolute atomic E-state index is 0.0944. The van der Waals surface area contributed by atoms with E-state index in [0.717, 1.165) is 0 Å². The number of nitrogens with one attached hydrogen (secondary N) is 2. The summed E-state index contributed by atoms with van der Waals surface area (Å²) in [4.78, 5) is 11.3. The second kappa shape index (κ2) is 4.28. The average Bonchev–Trinajstić information content (AvgIpc) is 2.63. The molecule has 0 aliphatic heterocycles. The number of hydrogen-bond donors (Lipinski definition) is 2. The van der Waals surface area contributed by atoms with E-state index in [2.05, 4.69) is 20.3 Å². The highest BCUT2D eigenvalue weighted by Gasteiger charge is 2.12. The predicted octanol–water partition coefficient (Wildman–Crippen LogP) is 1.29. The molecule has 0 atom stereocenters. The zero-order valence-corrected chi connectivity index (χ0v) is 8.58. The third-order valence-corrected chi connectivity index (χ3v) is 2.07. The fraction of sp³-hybridized carbons (Fsp3) is 0.200. The summed E-state index contributed by atoms with van der Waals surface area (Å²) >= 11 is 0. The lowest BCUT2D eigenvalue weighted by molar-refractivity contribution is -0.119. The van der Waals surface area contributed by atoms with E-state index in [1.54, 1.807) is 12.1 Å². The van der Waals surface area contributed by atoms with Crippen LogP contribution in [0.3, 0.4) is 0 Å². The highest BCUT2D eigenvalue weighted by Crippen LogP contribution is 2.22. The molecule has 0 aliphatic carbocycles. The summed E-state index contributed by atoms with van der Waals surface area (Å²) in [5, 5.41) is 9.19. The molecule has 16 heavy (non-hydrogen) atoms. The van der Waals surface area contributed by atoms with Gasteiger partial charge in [-0.05, 0) is 12.1 Å². The maximum absolute atomic E-state index is 13.5. The first-order valence-electron chi connectivity index (χ1n) is 4.63. The summed E-state index contributed by atoms with van der Waals surface area (Å²) in [6, 6.07) is 4.55. The molecular weight excluding hydrogens is 213 g/mol. The first-order valence-corrected chi connectivity index (χ1v) is 4.63. The maximum atomic E-state index is 13.5. The van der Waals surface area contributed by atoms with Gasteiger partial charge in [-0.3, -0.25) is 9.89 Å². The molecular formula is C10H10FN3O2. The van der Waals surface area contributed by atoms with Crippen LogP contribution in [0.25, 0.3) is 10.9 Å². The van der Waals surface area contributed by atoms with Crippen LogP contribution in [-0.4, -0.2) is 29.8 Å². The summed E-state index contributed by atoms with van der Waals surface area (Å²) in [5.41, 5.74) is 0.535. The third-order valence-electron chi connectivity index (χ3n) is 2.07. The van der Waals surface area contributed by atoms with Gasteiger partial charge in [0, 0.05) is 7.11 Å². The highest BCUT2D eigenvalue weighted by atomic mass is 19.1. The molecule has 84 valence electrons. The number of H-pyrrole nitrogens is 1. The van der Waals surface area contributed by atoms with Gasteiger partial charge in [0.1, 0.15) is 12.4 Å². The van der Waals surface area contributed by atoms with Crippen molar-refractivity contribution in [2.24, 2.45) is 0 Å². The molecule has 2 rings (SSSR count). The van der Waals surface area contributed by atoms with Crippen LogP contribution in [0, 0.1) is 5.82 Å². The fourth-order valence-corrected chi connectivity index (χ4v) is 1.42. The van der Waals surface area contributed by atoms with Crippen molar-refractivity contribution in [3.8, 4) is 0 Å². The Morgan fingerprint density at radius 1 is 1.62 bits per heavy atom. The van der Waals surface area contributed by atoms with E-state index >= 15 is 0 Å². The Hall–Kier alpha value is -1.95. The highest BCUT2D eigenvalue weighted by molar-refractivity contribution is 6.00. The lowest BCUT2D eigenvalue weighted by atomic mass is 10.2. The number of fused-ring (bicyclic) bond motifs is 1. The molecule has 0 aliphatic rings. The molecule has 5 nitrogen and oxygen atoms in total. The van der Waals surface area contributed by atoms with E-state index in [1.165, 1.54) is 13.2 Å². The number of aromatic amines is 1.